The summed E-state index contributed by atoms with van der Waals surface area (Å²) in [6, 6.07) is 6.16. The first-order valence-electron chi connectivity index (χ1n) is 5.05. The molecule has 1 heterocycles. The molecule has 2 nitrogen and oxygen atoms in total. The van der Waals surface area contributed by atoms with E-state index in [2.05, 4.69) is 24.9 Å². The van der Waals surface area contributed by atoms with Crippen molar-refractivity contribution in [2.75, 3.05) is 12.9 Å². The highest BCUT2D eigenvalue weighted by molar-refractivity contribution is 7.99. The average Bonchev–Trinajstić information content (AvgIpc) is 2.56. The highest BCUT2D eigenvalue weighted by Gasteiger charge is 2.07. The van der Waals surface area contributed by atoms with Crippen LogP contribution in [-0.2, 0) is 0 Å². The standard InChI is InChI=1S/C12H15NOS/c1-4-15-12-8(2)10-6-5-9(14-3)7-11(10)13-12/h5-7,13H,4H2,1-3H3. The van der Waals surface area contributed by atoms with Crippen LogP contribution in [0.15, 0.2) is 23.2 Å². The summed E-state index contributed by atoms with van der Waals surface area (Å²) in [4.78, 5) is 3.42. The second-order valence-electron chi connectivity index (χ2n) is 3.42. The SMILES string of the molecule is CCSc1[nH]c2cc(OC)ccc2c1C. The number of rotatable bonds is 3. The summed E-state index contributed by atoms with van der Waals surface area (Å²) >= 11 is 1.84. The lowest BCUT2D eigenvalue weighted by molar-refractivity contribution is 0.415. The van der Waals surface area contributed by atoms with E-state index in [9.17, 15) is 0 Å². The lowest BCUT2D eigenvalue weighted by Crippen LogP contribution is -1.81. The number of hydrogen-bond acceptors (Lipinski definition) is 2. The highest BCUT2D eigenvalue weighted by atomic mass is 32.2. The minimum atomic E-state index is 0.900. The number of fused-ring (bicyclic) bond motifs is 1. The van der Waals surface area contributed by atoms with Crippen molar-refractivity contribution in [3.05, 3.63) is 23.8 Å². The lowest BCUT2D eigenvalue weighted by Gasteiger charge is -1.98. The van der Waals surface area contributed by atoms with E-state index in [0.29, 0.717) is 0 Å². The van der Waals surface area contributed by atoms with Gasteiger partial charge in [-0.3, -0.25) is 0 Å². The van der Waals surface area contributed by atoms with E-state index in [4.69, 9.17) is 4.74 Å². The van der Waals surface area contributed by atoms with Crippen molar-refractivity contribution in [2.24, 2.45) is 0 Å². The van der Waals surface area contributed by atoms with E-state index < -0.39 is 0 Å². The molecular formula is C12H15NOS. The highest BCUT2D eigenvalue weighted by Crippen LogP contribution is 2.30. The van der Waals surface area contributed by atoms with Gasteiger partial charge in [-0.2, -0.15) is 0 Å². The summed E-state index contributed by atoms with van der Waals surface area (Å²) in [6.45, 7) is 4.32. The minimum absolute atomic E-state index is 0.900. The van der Waals surface area contributed by atoms with E-state index in [1.165, 1.54) is 16.0 Å². The van der Waals surface area contributed by atoms with Crippen molar-refractivity contribution < 1.29 is 4.74 Å². The van der Waals surface area contributed by atoms with Gasteiger partial charge in [0, 0.05) is 11.5 Å². The fraction of sp³-hybridized carbons (Fsp3) is 0.333. The van der Waals surface area contributed by atoms with Crippen LogP contribution in [0.1, 0.15) is 12.5 Å². The van der Waals surface area contributed by atoms with Crippen molar-refractivity contribution in [2.45, 2.75) is 18.9 Å². The molecule has 0 aliphatic carbocycles. The summed E-state index contributed by atoms with van der Waals surface area (Å²) < 4.78 is 5.20. The first kappa shape index (κ1) is 10.4. The van der Waals surface area contributed by atoms with Gasteiger partial charge in [0.1, 0.15) is 5.75 Å². The van der Waals surface area contributed by atoms with Crippen molar-refractivity contribution in [3.63, 3.8) is 0 Å². The Morgan fingerprint density at radius 2 is 2.20 bits per heavy atom. The lowest BCUT2D eigenvalue weighted by atomic mass is 10.2. The van der Waals surface area contributed by atoms with Gasteiger partial charge in [-0.05, 0) is 30.4 Å². The molecule has 2 aromatic rings. The van der Waals surface area contributed by atoms with Gasteiger partial charge in [0.25, 0.3) is 0 Å². The monoisotopic (exact) mass is 221 g/mol. The molecule has 1 N–H and O–H groups in total. The first-order valence-corrected chi connectivity index (χ1v) is 6.04. The largest absolute Gasteiger partial charge is 0.497 e. The molecule has 0 bridgehead atoms. The van der Waals surface area contributed by atoms with Crippen LogP contribution in [0.4, 0.5) is 0 Å². The van der Waals surface area contributed by atoms with Crippen LogP contribution >= 0.6 is 11.8 Å². The summed E-state index contributed by atoms with van der Waals surface area (Å²) in [5.74, 6) is 1.99. The molecule has 1 aromatic heterocycles. The van der Waals surface area contributed by atoms with E-state index in [1.54, 1.807) is 7.11 Å². The van der Waals surface area contributed by atoms with Gasteiger partial charge in [-0.25, -0.2) is 0 Å². The predicted octanol–water partition coefficient (Wildman–Crippen LogP) is 3.60. The van der Waals surface area contributed by atoms with Crippen LogP contribution in [0.25, 0.3) is 10.9 Å². The molecule has 0 atom stereocenters. The molecule has 0 spiro atoms. The molecule has 3 heteroatoms. The molecule has 15 heavy (non-hydrogen) atoms. The molecule has 80 valence electrons. The zero-order valence-corrected chi connectivity index (χ0v) is 10.1. The Bertz CT molecular complexity index is 476. The van der Waals surface area contributed by atoms with Gasteiger partial charge in [0.05, 0.1) is 17.7 Å². The Hall–Kier alpha value is -1.09. The minimum Gasteiger partial charge on any atom is -0.497 e. The van der Waals surface area contributed by atoms with E-state index in [1.807, 2.05) is 23.9 Å². The second kappa shape index (κ2) is 4.19. The van der Waals surface area contributed by atoms with Gasteiger partial charge in [-0.1, -0.05) is 6.92 Å². The third kappa shape index (κ3) is 1.84. The van der Waals surface area contributed by atoms with Gasteiger partial charge in [0.2, 0.25) is 0 Å². The Balaban J connectivity index is 2.55. The van der Waals surface area contributed by atoms with E-state index in [-0.39, 0.29) is 0 Å². The number of aryl methyl sites for hydroxylation is 1. The first-order chi connectivity index (χ1) is 7.26. The fourth-order valence-electron chi connectivity index (χ4n) is 1.71. The number of nitrogens with one attached hydrogen (secondary N) is 1. The zero-order valence-electron chi connectivity index (χ0n) is 9.26. The molecule has 0 unspecified atom stereocenters. The molecule has 2 rings (SSSR count). The van der Waals surface area contributed by atoms with Crippen molar-refractivity contribution >= 4 is 22.7 Å². The summed E-state index contributed by atoms with van der Waals surface area (Å²) in [6.07, 6.45) is 0. The number of ether oxygens (including phenoxy) is 1. The maximum Gasteiger partial charge on any atom is 0.120 e. The quantitative estimate of drug-likeness (QED) is 0.801. The molecule has 0 aliphatic heterocycles. The number of aromatic nitrogens is 1. The average molecular weight is 221 g/mol. The number of benzene rings is 1. The Morgan fingerprint density at radius 3 is 2.87 bits per heavy atom. The van der Waals surface area contributed by atoms with E-state index in [0.717, 1.165) is 17.0 Å². The summed E-state index contributed by atoms with van der Waals surface area (Å²) in [7, 11) is 1.69. The van der Waals surface area contributed by atoms with Crippen molar-refractivity contribution in [3.8, 4) is 5.75 Å². The Kier molecular flexibility index (Phi) is 2.91. The number of aromatic amines is 1. The summed E-state index contributed by atoms with van der Waals surface area (Å²) in [5, 5.41) is 2.55. The van der Waals surface area contributed by atoms with Crippen LogP contribution in [0, 0.1) is 6.92 Å². The van der Waals surface area contributed by atoms with Gasteiger partial charge in [0.15, 0.2) is 0 Å². The van der Waals surface area contributed by atoms with Crippen molar-refractivity contribution in [1.29, 1.82) is 0 Å². The molecule has 1 aromatic carbocycles. The molecule has 0 saturated carbocycles. The predicted molar refractivity (Wildman–Crippen MR) is 66.0 cm³/mol. The van der Waals surface area contributed by atoms with Gasteiger partial charge >= 0.3 is 0 Å². The second-order valence-corrected chi connectivity index (χ2v) is 4.70. The third-order valence-corrected chi connectivity index (χ3v) is 3.49. The molecule has 0 radical (unpaired) electrons. The number of H-pyrrole nitrogens is 1. The molecular weight excluding hydrogens is 206 g/mol. The molecule has 0 fully saturated rings. The molecule has 0 amide bonds. The normalized spacial score (nSPS) is 10.9. The number of thioether (sulfide) groups is 1. The Labute approximate surface area is 94.0 Å². The maximum absolute atomic E-state index is 5.20. The fourth-order valence-corrected chi connectivity index (χ4v) is 2.51. The molecule has 0 saturated heterocycles. The smallest absolute Gasteiger partial charge is 0.120 e. The van der Waals surface area contributed by atoms with Crippen LogP contribution in [-0.4, -0.2) is 17.8 Å². The third-order valence-electron chi connectivity index (χ3n) is 2.51. The van der Waals surface area contributed by atoms with Crippen LogP contribution in [0.5, 0.6) is 5.75 Å². The molecule has 0 aliphatic rings. The maximum atomic E-state index is 5.20. The van der Waals surface area contributed by atoms with Crippen molar-refractivity contribution in [1.82, 2.24) is 4.98 Å². The van der Waals surface area contributed by atoms with Crippen LogP contribution in [0.3, 0.4) is 0 Å². The topological polar surface area (TPSA) is 25.0 Å². The number of methoxy groups -OCH3 is 1. The van der Waals surface area contributed by atoms with Crippen LogP contribution < -0.4 is 4.74 Å². The zero-order chi connectivity index (χ0) is 10.8. The Morgan fingerprint density at radius 1 is 1.40 bits per heavy atom. The van der Waals surface area contributed by atoms with E-state index >= 15 is 0 Å². The number of hydrogen-bond donors (Lipinski definition) is 1. The van der Waals surface area contributed by atoms with Gasteiger partial charge < -0.3 is 9.72 Å². The van der Waals surface area contributed by atoms with Gasteiger partial charge in [-0.15, -0.1) is 11.8 Å². The summed E-state index contributed by atoms with van der Waals surface area (Å²) in [5.41, 5.74) is 2.49. The van der Waals surface area contributed by atoms with Crippen LogP contribution in [0.2, 0.25) is 0 Å².